The van der Waals surface area contributed by atoms with Crippen LogP contribution in [-0.2, 0) is 10.0 Å². The Kier molecular flexibility index (Phi) is 5.15. The van der Waals surface area contributed by atoms with E-state index in [0.717, 1.165) is 6.54 Å². The number of rotatable bonds is 6. The average molecular weight is 299 g/mol. The number of anilines is 1. The summed E-state index contributed by atoms with van der Waals surface area (Å²) in [4.78, 5) is 4.38. The number of aromatic nitrogens is 1. The fraction of sp³-hybridized carbons (Fsp3) is 0.643. The third kappa shape index (κ3) is 3.93. The van der Waals surface area contributed by atoms with Crippen LogP contribution in [0.15, 0.2) is 23.2 Å². The van der Waals surface area contributed by atoms with Gasteiger partial charge in [0.15, 0.2) is 0 Å². The highest BCUT2D eigenvalue weighted by Gasteiger charge is 2.22. The largest absolute Gasteiger partial charge is 0.370 e. The summed E-state index contributed by atoms with van der Waals surface area (Å²) in [6.45, 7) is 9.53. The highest BCUT2D eigenvalue weighted by atomic mass is 32.2. The average Bonchev–Trinajstić information content (AvgIpc) is 2.36. The number of pyridine rings is 1. The lowest BCUT2D eigenvalue weighted by Gasteiger charge is -2.29. The maximum absolute atomic E-state index is 11.9. The lowest BCUT2D eigenvalue weighted by atomic mass is 9.81. The maximum Gasteiger partial charge on any atom is 0.244 e. The van der Waals surface area contributed by atoms with E-state index >= 15 is 0 Å². The number of hydrogen-bond donors (Lipinski definition) is 1. The second-order valence-electron chi connectivity index (χ2n) is 6.16. The van der Waals surface area contributed by atoms with Crippen LogP contribution in [0, 0.1) is 11.3 Å². The number of nitrogens with one attached hydrogen (secondary N) is 1. The Hall–Kier alpha value is -1.14. The second-order valence-corrected chi connectivity index (χ2v) is 8.32. The molecule has 0 amide bonds. The molecule has 0 spiro atoms. The van der Waals surface area contributed by atoms with Crippen LogP contribution in [0.1, 0.15) is 27.7 Å². The Morgan fingerprint density at radius 3 is 2.30 bits per heavy atom. The van der Waals surface area contributed by atoms with Crippen LogP contribution in [0.3, 0.4) is 0 Å². The van der Waals surface area contributed by atoms with E-state index in [2.05, 4.69) is 38.0 Å². The molecule has 6 heteroatoms. The first-order valence-corrected chi connectivity index (χ1v) is 8.14. The summed E-state index contributed by atoms with van der Waals surface area (Å²) >= 11 is 0. The van der Waals surface area contributed by atoms with Gasteiger partial charge in [-0.3, -0.25) is 0 Å². The van der Waals surface area contributed by atoms with Crippen molar-refractivity contribution in [3.63, 3.8) is 0 Å². The van der Waals surface area contributed by atoms with Gasteiger partial charge < -0.3 is 5.32 Å². The van der Waals surface area contributed by atoms with Crippen molar-refractivity contribution >= 4 is 15.8 Å². The zero-order valence-corrected chi connectivity index (χ0v) is 14.0. The van der Waals surface area contributed by atoms with Crippen molar-refractivity contribution < 1.29 is 8.42 Å². The molecule has 1 N–H and O–H groups in total. The molecule has 1 aromatic rings. The van der Waals surface area contributed by atoms with Crippen molar-refractivity contribution in [2.24, 2.45) is 11.3 Å². The minimum Gasteiger partial charge on any atom is -0.370 e. The Morgan fingerprint density at radius 1 is 1.30 bits per heavy atom. The second kappa shape index (κ2) is 6.10. The molecule has 0 unspecified atom stereocenters. The lowest BCUT2D eigenvalue weighted by molar-refractivity contribution is 0.269. The Balaban J connectivity index is 2.79. The Morgan fingerprint density at radius 2 is 1.90 bits per heavy atom. The first-order chi connectivity index (χ1) is 9.07. The van der Waals surface area contributed by atoms with Crippen LogP contribution in [0.4, 0.5) is 5.82 Å². The van der Waals surface area contributed by atoms with Gasteiger partial charge in [-0.15, -0.1) is 0 Å². The monoisotopic (exact) mass is 299 g/mol. The first-order valence-electron chi connectivity index (χ1n) is 6.70. The van der Waals surface area contributed by atoms with E-state index < -0.39 is 10.0 Å². The van der Waals surface area contributed by atoms with Gasteiger partial charge in [-0.2, -0.15) is 0 Å². The summed E-state index contributed by atoms with van der Waals surface area (Å²) in [6, 6.07) is 3.28. The molecule has 0 saturated carbocycles. The van der Waals surface area contributed by atoms with E-state index in [9.17, 15) is 8.42 Å². The van der Waals surface area contributed by atoms with Crippen molar-refractivity contribution in [3.05, 3.63) is 18.3 Å². The Labute approximate surface area is 122 Å². The van der Waals surface area contributed by atoms with Gasteiger partial charge in [0, 0.05) is 26.8 Å². The fourth-order valence-electron chi connectivity index (χ4n) is 1.37. The van der Waals surface area contributed by atoms with E-state index in [4.69, 9.17) is 0 Å². The minimum absolute atomic E-state index is 0.149. The molecule has 20 heavy (non-hydrogen) atoms. The molecule has 1 aromatic heterocycles. The van der Waals surface area contributed by atoms with Crippen LogP contribution in [0.5, 0.6) is 0 Å². The van der Waals surface area contributed by atoms with Gasteiger partial charge in [0.2, 0.25) is 10.0 Å². The van der Waals surface area contributed by atoms with Crippen LogP contribution in [0.2, 0.25) is 0 Å². The predicted octanol–water partition coefficient (Wildman–Crippen LogP) is 2.43. The molecule has 5 nitrogen and oxygen atoms in total. The van der Waals surface area contributed by atoms with Crippen LogP contribution in [0.25, 0.3) is 0 Å². The van der Waals surface area contributed by atoms with Gasteiger partial charge in [-0.05, 0) is 23.5 Å². The molecule has 0 radical (unpaired) electrons. The summed E-state index contributed by atoms with van der Waals surface area (Å²) in [6.07, 6.45) is 1.39. The molecule has 0 aliphatic heterocycles. The topological polar surface area (TPSA) is 62.3 Å². The van der Waals surface area contributed by atoms with Crippen LogP contribution >= 0.6 is 0 Å². The van der Waals surface area contributed by atoms with Crippen molar-refractivity contribution in [2.75, 3.05) is 26.0 Å². The maximum atomic E-state index is 11.9. The van der Waals surface area contributed by atoms with Gasteiger partial charge in [-0.1, -0.05) is 27.7 Å². The summed E-state index contributed by atoms with van der Waals surface area (Å²) in [5.74, 6) is 1.24. The summed E-state index contributed by atoms with van der Waals surface area (Å²) in [5.41, 5.74) is 0.149. The zero-order valence-electron chi connectivity index (χ0n) is 13.1. The molecule has 0 saturated heterocycles. The molecule has 0 aliphatic rings. The third-order valence-corrected chi connectivity index (χ3v) is 5.60. The van der Waals surface area contributed by atoms with Gasteiger partial charge in [0.25, 0.3) is 0 Å². The lowest BCUT2D eigenvalue weighted by Crippen LogP contribution is -2.28. The number of nitrogens with zero attached hydrogens (tertiary/aromatic N) is 2. The fourth-order valence-corrected chi connectivity index (χ4v) is 2.22. The van der Waals surface area contributed by atoms with Crippen molar-refractivity contribution in [2.45, 2.75) is 32.6 Å². The molecule has 1 rings (SSSR count). The van der Waals surface area contributed by atoms with Gasteiger partial charge in [-0.25, -0.2) is 17.7 Å². The SMILES string of the molecule is CC(C)C(C)(C)CNc1ccc(S(=O)(=O)N(C)C)cn1. The van der Waals surface area contributed by atoms with Gasteiger partial charge in [0.05, 0.1) is 0 Å². The van der Waals surface area contributed by atoms with E-state index in [-0.39, 0.29) is 10.3 Å². The van der Waals surface area contributed by atoms with Crippen molar-refractivity contribution in [3.8, 4) is 0 Å². The molecule has 0 atom stereocenters. The Bertz CT molecular complexity index is 534. The summed E-state index contributed by atoms with van der Waals surface area (Å²) < 4.78 is 25.0. The van der Waals surface area contributed by atoms with E-state index in [1.807, 2.05) is 0 Å². The molecule has 1 heterocycles. The quantitative estimate of drug-likeness (QED) is 0.876. The first kappa shape index (κ1) is 16.9. The van der Waals surface area contributed by atoms with E-state index in [1.54, 1.807) is 12.1 Å². The van der Waals surface area contributed by atoms with E-state index in [0.29, 0.717) is 11.7 Å². The summed E-state index contributed by atoms with van der Waals surface area (Å²) in [5, 5.41) is 3.25. The highest BCUT2D eigenvalue weighted by molar-refractivity contribution is 7.89. The molecular formula is C14H25N3O2S. The number of hydrogen-bond acceptors (Lipinski definition) is 4. The molecule has 0 fully saturated rings. The molecular weight excluding hydrogens is 274 g/mol. The predicted molar refractivity (Wildman–Crippen MR) is 82.2 cm³/mol. The van der Waals surface area contributed by atoms with Gasteiger partial charge >= 0.3 is 0 Å². The summed E-state index contributed by atoms with van der Waals surface area (Å²) in [7, 11) is -0.394. The van der Waals surface area contributed by atoms with Crippen molar-refractivity contribution in [1.29, 1.82) is 0 Å². The minimum atomic E-state index is -3.41. The zero-order chi connectivity index (χ0) is 15.6. The van der Waals surface area contributed by atoms with Gasteiger partial charge in [0.1, 0.15) is 10.7 Å². The van der Waals surface area contributed by atoms with Crippen molar-refractivity contribution in [1.82, 2.24) is 9.29 Å². The smallest absolute Gasteiger partial charge is 0.244 e. The standard InChI is InChI=1S/C14H25N3O2S/c1-11(2)14(3,4)10-16-13-8-7-12(9-15-13)20(18,19)17(5)6/h7-9,11H,10H2,1-6H3,(H,15,16). The van der Waals surface area contributed by atoms with E-state index in [1.165, 1.54) is 24.6 Å². The number of sulfonamides is 1. The third-order valence-electron chi connectivity index (χ3n) is 3.80. The normalized spacial score (nSPS) is 13.0. The van der Waals surface area contributed by atoms with Crippen LogP contribution in [-0.4, -0.2) is 38.3 Å². The molecule has 0 bridgehead atoms. The van der Waals surface area contributed by atoms with Crippen LogP contribution < -0.4 is 5.32 Å². The molecule has 0 aliphatic carbocycles. The highest BCUT2D eigenvalue weighted by Crippen LogP contribution is 2.26. The molecule has 0 aromatic carbocycles. The molecule has 114 valence electrons.